The molecule has 3 heterocycles. The first-order valence-electron chi connectivity index (χ1n) is 7.20. The zero-order valence-electron chi connectivity index (χ0n) is 12.8. The van der Waals surface area contributed by atoms with Gasteiger partial charge in [-0.15, -0.1) is 0 Å². The van der Waals surface area contributed by atoms with Gasteiger partial charge in [0.25, 0.3) is 0 Å². The van der Waals surface area contributed by atoms with E-state index in [9.17, 15) is 0 Å². The Labute approximate surface area is 123 Å². The van der Waals surface area contributed by atoms with Crippen molar-refractivity contribution < 1.29 is 0 Å². The fraction of sp³-hybridized carbons (Fsp3) is 0.400. The summed E-state index contributed by atoms with van der Waals surface area (Å²) < 4.78 is 3.77. The van der Waals surface area contributed by atoms with Crippen LogP contribution in [0.3, 0.4) is 0 Å². The van der Waals surface area contributed by atoms with Crippen LogP contribution in [0.2, 0.25) is 0 Å². The van der Waals surface area contributed by atoms with Gasteiger partial charge in [-0.3, -0.25) is 4.68 Å². The molecule has 3 aromatic heterocycles. The van der Waals surface area contributed by atoms with Crippen LogP contribution in [0.5, 0.6) is 0 Å². The zero-order valence-corrected chi connectivity index (χ0v) is 12.8. The van der Waals surface area contributed by atoms with E-state index in [2.05, 4.69) is 54.3 Å². The molecule has 0 saturated heterocycles. The normalized spacial score (nSPS) is 11.7. The Hall–Kier alpha value is -2.37. The molecule has 0 atom stereocenters. The van der Waals surface area contributed by atoms with Crippen molar-refractivity contribution in [2.24, 2.45) is 0 Å². The monoisotopic (exact) mass is 284 g/mol. The van der Waals surface area contributed by atoms with Crippen LogP contribution in [-0.2, 0) is 0 Å². The summed E-state index contributed by atoms with van der Waals surface area (Å²) >= 11 is 0. The van der Waals surface area contributed by atoms with E-state index in [1.54, 1.807) is 6.20 Å². The molecular formula is C15H20N6. The second-order valence-electron chi connectivity index (χ2n) is 5.76. The fourth-order valence-electron chi connectivity index (χ4n) is 2.14. The second-order valence-corrected chi connectivity index (χ2v) is 5.76. The molecule has 21 heavy (non-hydrogen) atoms. The van der Waals surface area contributed by atoms with Crippen molar-refractivity contribution in [3.8, 4) is 0 Å². The lowest BCUT2D eigenvalue weighted by atomic mass is 10.1. The highest BCUT2D eigenvalue weighted by molar-refractivity contribution is 5.72. The molecule has 0 bridgehead atoms. The molecule has 0 aromatic carbocycles. The third-order valence-corrected chi connectivity index (χ3v) is 3.39. The van der Waals surface area contributed by atoms with Gasteiger partial charge in [0, 0.05) is 24.6 Å². The Bertz CT molecular complexity index is 752. The summed E-state index contributed by atoms with van der Waals surface area (Å²) in [5.41, 5.74) is 2.96. The number of rotatable bonds is 4. The van der Waals surface area contributed by atoms with Crippen LogP contribution in [0.1, 0.15) is 45.3 Å². The highest BCUT2D eigenvalue weighted by Gasteiger charge is 2.11. The maximum absolute atomic E-state index is 4.56. The lowest BCUT2D eigenvalue weighted by Crippen LogP contribution is -2.00. The molecule has 0 spiro atoms. The van der Waals surface area contributed by atoms with Crippen LogP contribution in [0.4, 0.5) is 11.5 Å². The van der Waals surface area contributed by atoms with Gasteiger partial charge in [-0.25, -0.2) is 9.50 Å². The molecule has 0 fully saturated rings. The topological polar surface area (TPSA) is 60.0 Å². The minimum Gasteiger partial charge on any atom is -0.336 e. The third kappa shape index (κ3) is 2.61. The third-order valence-electron chi connectivity index (χ3n) is 3.39. The van der Waals surface area contributed by atoms with Gasteiger partial charge in [-0.2, -0.15) is 10.2 Å². The molecule has 0 amide bonds. The van der Waals surface area contributed by atoms with Gasteiger partial charge in [-0.1, -0.05) is 13.8 Å². The highest BCUT2D eigenvalue weighted by atomic mass is 15.3. The average Bonchev–Trinajstić information content (AvgIpc) is 3.05. The average molecular weight is 284 g/mol. The maximum atomic E-state index is 4.56. The molecule has 3 aromatic rings. The largest absolute Gasteiger partial charge is 0.336 e. The van der Waals surface area contributed by atoms with Gasteiger partial charge >= 0.3 is 0 Å². The quantitative estimate of drug-likeness (QED) is 0.798. The van der Waals surface area contributed by atoms with Crippen molar-refractivity contribution in [2.75, 3.05) is 5.32 Å². The standard InChI is InChI=1S/C15H20N6/c1-10(2)13-7-14-15(16-5-6-20(14)19-13)18-12-8-17-21(9-12)11(3)4/h5-11H,1-4H3,(H,16,18). The fourth-order valence-corrected chi connectivity index (χ4v) is 2.14. The van der Waals surface area contributed by atoms with Gasteiger partial charge in [0.1, 0.15) is 5.52 Å². The Morgan fingerprint density at radius 1 is 1.19 bits per heavy atom. The van der Waals surface area contributed by atoms with Gasteiger partial charge in [0.15, 0.2) is 5.82 Å². The molecule has 0 radical (unpaired) electrons. The molecule has 0 aliphatic carbocycles. The number of nitrogens with zero attached hydrogens (tertiary/aromatic N) is 5. The molecule has 110 valence electrons. The predicted molar refractivity (Wildman–Crippen MR) is 83.0 cm³/mol. The number of anilines is 2. The number of hydrogen-bond donors (Lipinski definition) is 1. The molecule has 0 saturated carbocycles. The van der Waals surface area contributed by atoms with Crippen LogP contribution in [0, 0.1) is 0 Å². The van der Waals surface area contributed by atoms with Gasteiger partial charge in [-0.05, 0) is 25.8 Å². The summed E-state index contributed by atoms with van der Waals surface area (Å²) in [6.07, 6.45) is 7.41. The van der Waals surface area contributed by atoms with Crippen LogP contribution in [0.25, 0.3) is 5.52 Å². The van der Waals surface area contributed by atoms with E-state index < -0.39 is 0 Å². The summed E-state index contributed by atoms with van der Waals surface area (Å²) in [7, 11) is 0. The number of nitrogens with one attached hydrogen (secondary N) is 1. The van der Waals surface area contributed by atoms with E-state index >= 15 is 0 Å². The summed E-state index contributed by atoms with van der Waals surface area (Å²) in [6.45, 7) is 8.47. The smallest absolute Gasteiger partial charge is 0.156 e. The zero-order chi connectivity index (χ0) is 15.0. The van der Waals surface area contributed by atoms with Crippen LogP contribution in [0.15, 0.2) is 30.9 Å². The summed E-state index contributed by atoms with van der Waals surface area (Å²) in [5, 5.41) is 12.2. The lowest BCUT2D eigenvalue weighted by Gasteiger charge is -2.05. The van der Waals surface area contributed by atoms with Crippen molar-refractivity contribution in [1.82, 2.24) is 24.4 Å². The van der Waals surface area contributed by atoms with Crippen molar-refractivity contribution in [2.45, 2.75) is 39.7 Å². The maximum Gasteiger partial charge on any atom is 0.156 e. The Morgan fingerprint density at radius 2 is 2.00 bits per heavy atom. The Morgan fingerprint density at radius 3 is 2.67 bits per heavy atom. The van der Waals surface area contributed by atoms with E-state index in [1.807, 2.05) is 27.8 Å². The number of fused-ring (bicyclic) bond motifs is 1. The molecule has 0 unspecified atom stereocenters. The molecule has 3 rings (SSSR count). The Kier molecular flexibility index (Phi) is 3.37. The van der Waals surface area contributed by atoms with Crippen LogP contribution >= 0.6 is 0 Å². The number of aromatic nitrogens is 5. The first-order chi connectivity index (χ1) is 10.0. The number of hydrogen-bond acceptors (Lipinski definition) is 4. The van der Waals surface area contributed by atoms with E-state index in [0.29, 0.717) is 12.0 Å². The van der Waals surface area contributed by atoms with E-state index in [0.717, 1.165) is 22.7 Å². The molecular weight excluding hydrogens is 264 g/mol. The lowest BCUT2D eigenvalue weighted by molar-refractivity contribution is 0.532. The van der Waals surface area contributed by atoms with Crippen molar-refractivity contribution in [3.63, 3.8) is 0 Å². The first-order valence-corrected chi connectivity index (χ1v) is 7.20. The molecule has 6 heteroatoms. The molecule has 0 aliphatic heterocycles. The van der Waals surface area contributed by atoms with Crippen LogP contribution in [-0.4, -0.2) is 24.4 Å². The summed E-state index contributed by atoms with van der Waals surface area (Å²) in [4.78, 5) is 4.42. The molecule has 0 aliphatic rings. The highest BCUT2D eigenvalue weighted by Crippen LogP contribution is 2.23. The molecule has 1 N–H and O–H groups in total. The van der Waals surface area contributed by atoms with Crippen molar-refractivity contribution >= 4 is 17.0 Å². The SMILES string of the molecule is CC(C)c1cc2c(Nc3cnn(C(C)C)c3)nccn2n1. The van der Waals surface area contributed by atoms with Gasteiger partial charge in [0.05, 0.1) is 17.6 Å². The van der Waals surface area contributed by atoms with E-state index in [-0.39, 0.29) is 0 Å². The van der Waals surface area contributed by atoms with E-state index in [1.165, 1.54) is 0 Å². The minimum atomic E-state index is 0.340. The van der Waals surface area contributed by atoms with Crippen molar-refractivity contribution in [3.05, 3.63) is 36.5 Å². The predicted octanol–water partition coefficient (Wildman–Crippen LogP) is 3.37. The summed E-state index contributed by atoms with van der Waals surface area (Å²) in [6, 6.07) is 2.42. The van der Waals surface area contributed by atoms with Gasteiger partial charge in [0.2, 0.25) is 0 Å². The minimum absolute atomic E-state index is 0.340. The van der Waals surface area contributed by atoms with E-state index in [4.69, 9.17) is 0 Å². The summed E-state index contributed by atoms with van der Waals surface area (Å²) in [5.74, 6) is 1.18. The van der Waals surface area contributed by atoms with Gasteiger partial charge < -0.3 is 5.32 Å². The second kappa shape index (κ2) is 5.20. The Balaban J connectivity index is 1.95. The first kappa shape index (κ1) is 13.6. The van der Waals surface area contributed by atoms with Crippen molar-refractivity contribution in [1.29, 1.82) is 0 Å². The molecule has 6 nitrogen and oxygen atoms in total. The van der Waals surface area contributed by atoms with Crippen LogP contribution < -0.4 is 5.32 Å².